The van der Waals surface area contributed by atoms with E-state index in [0.29, 0.717) is 10.3 Å². The van der Waals surface area contributed by atoms with Crippen LogP contribution in [0.5, 0.6) is 0 Å². The number of halogens is 2. The minimum atomic E-state index is 0. The summed E-state index contributed by atoms with van der Waals surface area (Å²) in [5.41, 5.74) is 17.8. The van der Waals surface area contributed by atoms with Crippen LogP contribution in [0.1, 0.15) is 5.69 Å². The molecule has 2 aromatic heterocycles. The van der Waals surface area contributed by atoms with Gasteiger partial charge in [0.15, 0.2) is 11.1 Å². The first-order chi connectivity index (χ1) is 7.56. The van der Waals surface area contributed by atoms with E-state index in [1.807, 2.05) is 12.3 Å². The number of guanidine groups is 1. The first kappa shape index (κ1) is 17.3. The summed E-state index contributed by atoms with van der Waals surface area (Å²) in [4.78, 5) is 13.2. The number of nitrogens with zero attached hydrogens (tertiary/aromatic N) is 3. The molecule has 0 amide bonds. The number of nitrogen functional groups attached to an aromatic ring is 1. The zero-order valence-corrected chi connectivity index (χ0v) is 14.3. The van der Waals surface area contributed by atoms with Crippen LogP contribution in [0, 0.1) is 6.92 Å². The van der Waals surface area contributed by atoms with Crippen LogP contribution < -0.4 is 17.2 Å². The largest absolute Gasteiger partial charge is 0.375 e. The fraction of sp³-hybridized carbons (Fsp3) is 0.125. The molecule has 0 radical (unpaired) electrons. The summed E-state index contributed by atoms with van der Waals surface area (Å²) in [5.74, 6) is 0.00133. The van der Waals surface area contributed by atoms with Gasteiger partial charge in [0.2, 0.25) is 5.13 Å². The smallest absolute Gasteiger partial charge is 0.212 e. The number of aromatic nitrogens is 2. The number of rotatable bonds is 2. The average Bonchev–Trinajstić information content (AvgIpc) is 2.72. The number of nitrogens with two attached hydrogens (primary N) is 3. The second-order valence-corrected chi connectivity index (χ2v) is 4.89. The molecule has 0 aromatic carbocycles. The normalized spacial score (nSPS) is 9.17. The van der Waals surface area contributed by atoms with Crippen molar-refractivity contribution < 1.29 is 0 Å². The number of aryl methyl sites for hydroxylation is 1. The molecule has 0 aliphatic carbocycles. The van der Waals surface area contributed by atoms with Gasteiger partial charge in [-0.15, -0.1) is 45.3 Å². The molecule has 0 spiro atoms. The predicted octanol–water partition coefficient (Wildman–Crippen LogP) is 2.22. The molecule has 0 bridgehead atoms. The summed E-state index contributed by atoms with van der Waals surface area (Å²) in [6.45, 7) is 1.89. The monoisotopic (exact) mass is 414 g/mol. The van der Waals surface area contributed by atoms with Crippen molar-refractivity contribution in [2.75, 3.05) is 5.73 Å². The third kappa shape index (κ3) is 3.90. The van der Waals surface area contributed by atoms with Crippen molar-refractivity contribution in [1.29, 1.82) is 0 Å². The Bertz CT molecular complexity index is 546. The molecule has 100 valence electrons. The lowest BCUT2D eigenvalue weighted by Gasteiger charge is -1.90. The quantitative estimate of drug-likeness (QED) is 0.513. The van der Waals surface area contributed by atoms with Gasteiger partial charge in [-0.25, -0.2) is 9.97 Å². The van der Waals surface area contributed by atoms with E-state index in [9.17, 15) is 0 Å². The molecular weight excluding hydrogens is 404 g/mol. The Labute approximate surface area is 133 Å². The van der Waals surface area contributed by atoms with Gasteiger partial charge in [0.05, 0.1) is 16.3 Å². The maximum Gasteiger partial charge on any atom is 0.212 e. The van der Waals surface area contributed by atoms with E-state index in [4.69, 9.17) is 17.2 Å². The van der Waals surface area contributed by atoms with Crippen molar-refractivity contribution in [3.63, 3.8) is 0 Å². The van der Waals surface area contributed by atoms with Crippen LogP contribution in [0.15, 0.2) is 10.4 Å². The summed E-state index contributed by atoms with van der Waals surface area (Å²) < 4.78 is 0. The van der Waals surface area contributed by atoms with Gasteiger partial charge in [0.25, 0.3) is 0 Å². The molecule has 0 unspecified atom stereocenters. The fourth-order valence-electron chi connectivity index (χ4n) is 1.19. The lowest BCUT2D eigenvalue weighted by Crippen LogP contribution is -2.21. The number of hydrogen-bond acceptors (Lipinski definition) is 6. The van der Waals surface area contributed by atoms with Crippen molar-refractivity contribution in [3.8, 4) is 10.6 Å². The first-order valence-corrected chi connectivity index (χ1v) is 6.04. The Morgan fingerprint density at radius 1 is 1.28 bits per heavy atom. The third-order valence-electron chi connectivity index (χ3n) is 1.76. The molecule has 0 atom stereocenters. The van der Waals surface area contributed by atoms with Crippen molar-refractivity contribution >= 4 is 72.9 Å². The Kier molecular flexibility index (Phi) is 6.74. The minimum Gasteiger partial charge on any atom is -0.375 e. The van der Waals surface area contributed by atoms with Gasteiger partial charge < -0.3 is 17.2 Å². The molecule has 18 heavy (non-hydrogen) atoms. The molecule has 2 heterocycles. The van der Waals surface area contributed by atoms with Crippen LogP contribution in [0.2, 0.25) is 0 Å². The highest BCUT2D eigenvalue weighted by molar-refractivity contribution is 8.93. The highest BCUT2D eigenvalue weighted by Crippen LogP contribution is 2.33. The highest BCUT2D eigenvalue weighted by Gasteiger charge is 2.11. The highest BCUT2D eigenvalue weighted by atomic mass is 79.9. The second-order valence-electron chi connectivity index (χ2n) is 3.02. The van der Waals surface area contributed by atoms with Gasteiger partial charge in [-0.2, -0.15) is 4.99 Å². The van der Waals surface area contributed by atoms with E-state index in [0.717, 1.165) is 16.3 Å². The molecule has 2 rings (SSSR count). The lowest BCUT2D eigenvalue weighted by atomic mass is 10.3. The second kappa shape index (κ2) is 7.02. The van der Waals surface area contributed by atoms with Crippen molar-refractivity contribution in [1.82, 2.24) is 9.97 Å². The minimum absolute atomic E-state index is 0. The van der Waals surface area contributed by atoms with Crippen LogP contribution in [0.25, 0.3) is 10.6 Å². The SMILES string of the molecule is Br.Br.Cc1nc(N)sc1-c1csc(N=C(N)N)n1. The number of hydrogen-bond donors (Lipinski definition) is 3. The van der Waals surface area contributed by atoms with E-state index < -0.39 is 0 Å². The van der Waals surface area contributed by atoms with Crippen LogP contribution in [-0.2, 0) is 0 Å². The first-order valence-electron chi connectivity index (χ1n) is 4.34. The molecule has 0 fully saturated rings. The van der Waals surface area contributed by atoms with E-state index in [2.05, 4.69) is 15.0 Å². The van der Waals surface area contributed by atoms with Gasteiger partial charge in [0, 0.05) is 5.38 Å². The van der Waals surface area contributed by atoms with Crippen LogP contribution in [-0.4, -0.2) is 15.9 Å². The molecule has 6 nitrogen and oxygen atoms in total. The standard InChI is InChI=1S/C8H10N6S2.2BrH/c1-3-5(16-7(11)12-3)4-2-15-8(13-4)14-6(9)10;;/h2H,1H3,(H2,11,12)(H4,9,10,13,14);2*1H. The third-order valence-corrected chi connectivity index (χ3v) is 3.51. The maximum atomic E-state index is 5.62. The van der Waals surface area contributed by atoms with Crippen molar-refractivity contribution in [2.24, 2.45) is 16.5 Å². The summed E-state index contributed by atoms with van der Waals surface area (Å²) in [6, 6.07) is 0. The van der Waals surface area contributed by atoms with Crippen LogP contribution >= 0.6 is 56.6 Å². The Balaban J connectivity index is 0.00000144. The van der Waals surface area contributed by atoms with Gasteiger partial charge >= 0.3 is 0 Å². The summed E-state index contributed by atoms with van der Waals surface area (Å²) in [5, 5.41) is 2.94. The average molecular weight is 416 g/mol. The van der Waals surface area contributed by atoms with Gasteiger partial charge in [-0.05, 0) is 6.92 Å². The fourth-order valence-corrected chi connectivity index (χ4v) is 2.75. The Morgan fingerprint density at radius 2 is 1.94 bits per heavy atom. The predicted molar refractivity (Wildman–Crippen MR) is 88.5 cm³/mol. The van der Waals surface area contributed by atoms with E-state index in [1.54, 1.807) is 0 Å². The number of aliphatic imine (C=N–C) groups is 1. The summed E-state index contributed by atoms with van der Waals surface area (Å²) in [6.07, 6.45) is 0. The van der Waals surface area contributed by atoms with E-state index >= 15 is 0 Å². The Hall–Kier alpha value is -0.710. The van der Waals surface area contributed by atoms with Gasteiger partial charge in [-0.1, -0.05) is 11.3 Å². The molecule has 2 aromatic rings. The molecular formula is C8H12Br2N6S2. The molecule has 0 saturated carbocycles. The summed E-state index contributed by atoms with van der Waals surface area (Å²) >= 11 is 2.77. The van der Waals surface area contributed by atoms with Crippen molar-refractivity contribution in [3.05, 3.63) is 11.1 Å². The van der Waals surface area contributed by atoms with Gasteiger partial charge in [-0.3, -0.25) is 0 Å². The van der Waals surface area contributed by atoms with Gasteiger partial charge in [0.1, 0.15) is 0 Å². The molecule has 0 saturated heterocycles. The zero-order valence-electron chi connectivity index (χ0n) is 9.28. The maximum absolute atomic E-state index is 5.62. The number of thiazole rings is 2. The van der Waals surface area contributed by atoms with Crippen molar-refractivity contribution in [2.45, 2.75) is 6.92 Å². The molecule has 0 aliphatic rings. The Morgan fingerprint density at radius 3 is 2.44 bits per heavy atom. The summed E-state index contributed by atoms with van der Waals surface area (Å²) in [7, 11) is 0. The lowest BCUT2D eigenvalue weighted by molar-refractivity contribution is 1.26. The molecule has 6 N–H and O–H groups in total. The molecule has 10 heteroatoms. The zero-order chi connectivity index (χ0) is 11.7. The van der Waals surface area contributed by atoms with E-state index in [1.165, 1.54) is 22.7 Å². The number of anilines is 1. The van der Waals surface area contributed by atoms with E-state index in [-0.39, 0.29) is 39.9 Å². The molecule has 0 aliphatic heterocycles. The topological polar surface area (TPSA) is 116 Å². The van der Waals surface area contributed by atoms with Crippen LogP contribution in [0.3, 0.4) is 0 Å². The van der Waals surface area contributed by atoms with Crippen LogP contribution in [0.4, 0.5) is 10.3 Å².